The van der Waals surface area contributed by atoms with Crippen LogP contribution in [0.5, 0.6) is 0 Å². The van der Waals surface area contributed by atoms with Gasteiger partial charge in [0.1, 0.15) is 6.10 Å². The molecule has 29 heavy (non-hydrogen) atoms. The van der Waals surface area contributed by atoms with Crippen molar-refractivity contribution >= 4 is 17.7 Å². The van der Waals surface area contributed by atoms with E-state index in [4.69, 9.17) is 9.47 Å². The van der Waals surface area contributed by atoms with Crippen molar-refractivity contribution in [3.05, 3.63) is 54.6 Å². The first-order chi connectivity index (χ1) is 14.0. The summed E-state index contributed by atoms with van der Waals surface area (Å²) in [6.07, 6.45) is 9.08. The standard InChI is InChI=1S/C23H29NO5/c1-16-8-4-2-5-9-17-14-19(15-20(17)21(25)12-13-22(26)28-16)29-23(27)24-18-10-6-3-7-11-18/h3,5-7,9-13,16-17,19-21,25H,2,4,8,14-15H2,1H3,(H,24,27)/b9-5+,13-12+/t16-,17+,19-,20+,21+/m0/s1. The molecule has 156 valence electrons. The topological polar surface area (TPSA) is 84.9 Å². The fraction of sp³-hybridized carbons (Fsp3) is 0.478. The Morgan fingerprint density at radius 3 is 2.79 bits per heavy atom. The van der Waals surface area contributed by atoms with Gasteiger partial charge in [-0.15, -0.1) is 0 Å². The Morgan fingerprint density at radius 1 is 1.21 bits per heavy atom. The van der Waals surface area contributed by atoms with Gasteiger partial charge in [-0.1, -0.05) is 30.4 Å². The number of rotatable bonds is 2. The molecule has 0 unspecified atom stereocenters. The minimum Gasteiger partial charge on any atom is -0.460 e. The summed E-state index contributed by atoms with van der Waals surface area (Å²) >= 11 is 0. The zero-order chi connectivity index (χ0) is 20.6. The number of nitrogens with one attached hydrogen (secondary N) is 1. The zero-order valence-electron chi connectivity index (χ0n) is 16.7. The van der Waals surface area contributed by atoms with E-state index in [2.05, 4.69) is 17.5 Å². The highest BCUT2D eigenvalue weighted by Crippen LogP contribution is 2.38. The number of anilines is 1. The van der Waals surface area contributed by atoms with Crippen LogP contribution in [0.4, 0.5) is 10.5 Å². The van der Waals surface area contributed by atoms with E-state index in [-0.39, 0.29) is 24.0 Å². The number of para-hydroxylation sites is 1. The van der Waals surface area contributed by atoms with E-state index in [1.807, 2.05) is 25.1 Å². The second kappa shape index (κ2) is 10.3. The third kappa shape index (κ3) is 6.46. The number of hydrogen-bond acceptors (Lipinski definition) is 5. The summed E-state index contributed by atoms with van der Waals surface area (Å²) in [7, 11) is 0. The van der Waals surface area contributed by atoms with Gasteiger partial charge in [-0.05, 0) is 69.1 Å². The molecule has 1 amide bonds. The van der Waals surface area contributed by atoms with Gasteiger partial charge in [0.15, 0.2) is 0 Å². The molecular formula is C23H29NO5. The van der Waals surface area contributed by atoms with Gasteiger partial charge >= 0.3 is 12.1 Å². The van der Waals surface area contributed by atoms with Crippen molar-refractivity contribution in [3.63, 3.8) is 0 Å². The average Bonchev–Trinajstić information content (AvgIpc) is 3.08. The van der Waals surface area contributed by atoms with Crippen molar-refractivity contribution in [2.24, 2.45) is 11.8 Å². The van der Waals surface area contributed by atoms with Gasteiger partial charge in [-0.25, -0.2) is 9.59 Å². The first-order valence-corrected chi connectivity index (χ1v) is 10.3. The van der Waals surface area contributed by atoms with E-state index >= 15 is 0 Å². The highest BCUT2D eigenvalue weighted by molar-refractivity contribution is 5.84. The molecule has 1 aromatic rings. The molecule has 5 atom stereocenters. The van der Waals surface area contributed by atoms with Crippen LogP contribution in [0, 0.1) is 11.8 Å². The Balaban J connectivity index is 1.64. The first-order valence-electron chi connectivity index (χ1n) is 10.3. The SMILES string of the molecule is C[C@H]1CCC/C=C/[C@@H]2C[C@H](OC(=O)Nc3ccccc3)C[C@H]2[C@H](O)/C=C/C(=O)O1. The molecule has 6 nitrogen and oxygen atoms in total. The molecule has 2 aliphatic rings. The van der Waals surface area contributed by atoms with Crippen molar-refractivity contribution in [2.75, 3.05) is 5.32 Å². The van der Waals surface area contributed by atoms with Crippen LogP contribution in [-0.2, 0) is 14.3 Å². The van der Waals surface area contributed by atoms with Gasteiger partial charge in [-0.3, -0.25) is 5.32 Å². The van der Waals surface area contributed by atoms with Crippen molar-refractivity contribution in [1.82, 2.24) is 0 Å². The summed E-state index contributed by atoms with van der Waals surface area (Å²) < 4.78 is 10.9. The number of hydrogen-bond donors (Lipinski definition) is 2. The van der Waals surface area contributed by atoms with Crippen LogP contribution >= 0.6 is 0 Å². The van der Waals surface area contributed by atoms with Gasteiger partial charge in [-0.2, -0.15) is 0 Å². The molecule has 1 heterocycles. The number of benzene rings is 1. The minimum atomic E-state index is -0.806. The zero-order valence-corrected chi connectivity index (χ0v) is 16.7. The molecule has 2 N–H and O–H groups in total. The molecule has 0 aromatic heterocycles. The number of amides is 1. The van der Waals surface area contributed by atoms with E-state index in [9.17, 15) is 14.7 Å². The van der Waals surface area contributed by atoms with Gasteiger partial charge in [0.2, 0.25) is 0 Å². The van der Waals surface area contributed by atoms with Crippen LogP contribution < -0.4 is 5.32 Å². The number of cyclic esters (lactones) is 1. The van der Waals surface area contributed by atoms with Crippen LogP contribution in [0.1, 0.15) is 39.0 Å². The molecule has 0 bridgehead atoms. The van der Waals surface area contributed by atoms with Crippen molar-refractivity contribution in [1.29, 1.82) is 0 Å². The Kier molecular flexibility index (Phi) is 7.47. The Bertz CT molecular complexity index is 745. The molecule has 1 fully saturated rings. The number of aliphatic hydroxyl groups is 1. The molecule has 1 aromatic carbocycles. The highest BCUT2D eigenvalue weighted by atomic mass is 16.6. The third-order valence-corrected chi connectivity index (χ3v) is 5.46. The van der Waals surface area contributed by atoms with E-state index in [0.717, 1.165) is 19.3 Å². The molecule has 1 saturated carbocycles. The summed E-state index contributed by atoms with van der Waals surface area (Å²) in [5, 5.41) is 13.3. The molecule has 6 heteroatoms. The lowest BCUT2D eigenvalue weighted by Gasteiger charge is -2.19. The summed E-state index contributed by atoms with van der Waals surface area (Å²) in [5.41, 5.74) is 0.675. The lowest BCUT2D eigenvalue weighted by molar-refractivity contribution is -0.142. The maximum absolute atomic E-state index is 12.2. The number of aliphatic hydroxyl groups excluding tert-OH is 1. The van der Waals surface area contributed by atoms with E-state index in [0.29, 0.717) is 18.5 Å². The van der Waals surface area contributed by atoms with Crippen LogP contribution in [0.25, 0.3) is 0 Å². The lowest BCUT2D eigenvalue weighted by atomic mass is 9.90. The molecular weight excluding hydrogens is 370 g/mol. The monoisotopic (exact) mass is 399 g/mol. The van der Waals surface area contributed by atoms with E-state index < -0.39 is 18.2 Å². The van der Waals surface area contributed by atoms with E-state index in [1.54, 1.807) is 12.1 Å². The summed E-state index contributed by atoms with van der Waals surface area (Å²) in [5.74, 6) is -0.477. The quantitative estimate of drug-likeness (QED) is 0.575. The van der Waals surface area contributed by atoms with E-state index in [1.165, 1.54) is 12.2 Å². The predicted octanol–water partition coefficient (Wildman–Crippen LogP) is 4.22. The predicted molar refractivity (Wildman–Crippen MR) is 110 cm³/mol. The largest absolute Gasteiger partial charge is 0.460 e. The van der Waals surface area contributed by atoms with Crippen LogP contribution in [-0.4, -0.2) is 35.5 Å². The molecule has 0 radical (unpaired) electrons. The van der Waals surface area contributed by atoms with Gasteiger partial charge in [0.05, 0.1) is 12.2 Å². The van der Waals surface area contributed by atoms with Crippen LogP contribution in [0.2, 0.25) is 0 Å². The maximum Gasteiger partial charge on any atom is 0.411 e. The second-order valence-electron chi connectivity index (χ2n) is 7.77. The highest BCUT2D eigenvalue weighted by Gasteiger charge is 2.38. The summed E-state index contributed by atoms with van der Waals surface area (Å²) in [6.45, 7) is 1.88. The maximum atomic E-state index is 12.2. The molecule has 1 aliphatic heterocycles. The van der Waals surface area contributed by atoms with Gasteiger partial charge in [0, 0.05) is 11.8 Å². The van der Waals surface area contributed by atoms with Crippen LogP contribution in [0.15, 0.2) is 54.6 Å². The molecule has 0 spiro atoms. The lowest BCUT2D eigenvalue weighted by Crippen LogP contribution is -2.23. The van der Waals surface area contributed by atoms with Gasteiger partial charge < -0.3 is 14.6 Å². The minimum absolute atomic E-state index is 0.0818. The fourth-order valence-corrected chi connectivity index (χ4v) is 3.99. The Morgan fingerprint density at radius 2 is 2.00 bits per heavy atom. The molecule has 0 saturated heterocycles. The van der Waals surface area contributed by atoms with Crippen molar-refractivity contribution in [2.45, 2.75) is 57.3 Å². The molecule has 1 aliphatic carbocycles. The first kappa shape index (κ1) is 21.1. The summed E-state index contributed by atoms with van der Waals surface area (Å²) in [4.78, 5) is 24.1. The Labute approximate surface area is 171 Å². The normalized spacial score (nSPS) is 32.5. The number of ether oxygens (including phenoxy) is 2. The smallest absolute Gasteiger partial charge is 0.411 e. The Hall–Kier alpha value is -2.60. The second-order valence-corrected chi connectivity index (χ2v) is 7.77. The number of carbonyl (C=O) groups excluding carboxylic acids is 2. The number of carbonyl (C=O) groups is 2. The number of allylic oxidation sites excluding steroid dienone is 2. The third-order valence-electron chi connectivity index (χ3n) is 5.46. The molecule has 3 rings (SSSR count). The van der Waals surface area contributed by atoms with Crippen molar-refractivity contribution < 1.29 is 24.2 Å². The van der Waals surface area contributed by atoms with Gasteiger partial charge in [0.25, 0.3) is 0 Å². The van der Waals surface area contributed by atoms with Crippen LogP contribution in [0.3, 0.4) is 0 Å². The fourth-order valence-electron chi connectivity index (χ4n) is 3.99. The number of fused-ring (bicyclic) bond motifs is 1. The van der Waals surface area contributed by atoms with Crippen molar-refractivity contribution in [3.8, 4) is 0 Å². The average molecular weight is 399 g/mol. The number of esters is 1. The summed E-state index contributed by atoms with van der Waals surface area (Å²) in [6, 6.07) is 9.14.